The molecule has 7 heteroatoms. The predicted molar refractivity (Wildman–Crippen MR) is 89.3 cm³/mol. The Kier molecular flexibility index (Phi) is 5.13. The van der Waals surface area contributed by atoms with Gasteiger partial charge < -0.3 is 5.32 Å². The maximum Gasteiger partial charge on any atom is 0.251 e. The lowest BCUT2D eigenvalue weighted by Gasteiger charge is -2.35. The third-order valence-corrected chi connectivity index (χ3v) is 4.95. The van der Waals surface area contributed by atoms with Gasteiger partial charge in [-0.05, 0) is 44.0 Å². The van der Waals surface area contributed by atoms with Gasteiger partial charge in [0.25, 0.3) is 5.91 Å². The number of amides is 3. The van der Waals surface area contributed by atoms with E-state index >= 15 is 0 Å². The Bertz CT molecular complexity index is 669. The second-order valence-corrected chi connectivity index (χ2v) is 6.49. The minimum atomic E-state index is -0.373. The van der Waals surface area contributed by atoms with Crippen LogP contribution in [0, 0.1) is 5.82 Å². The lowest BCUT2D eigenvalue weighted by molar-refractivity contribution is -0.139. The van der Waals surface area contributed by atoms with Gasteiger partial charge in [-0.15, -0.1) is 0 Å². The summed E-state index contributed by atoms with van der Waals surface area (Å²) in [5, 5.41) is 2.96. The van der Waals surface area contributed by atoms with Crippen molar-refractivity contribution in [1.82, 2.24) is 15.1 Å². The molecule has 0 aliphatic carbocycles. The van der Waals surface area contributed by atoms with Crippen molar-refractivity contribution in [2.24, 2.45) is 0 Å². The second-order valence-electron chi connectivity index (χ2n) is 6.49. The highest BCUT2D eigenvalue weighted by molar-refractivity contribution is 6.05. The lowest BCUT2D eigenvalue weighted by atomic mass is 10.0. The van der Waals surface area contributed by atoms with Crippen molar-refractivity contribution in [3.63, 3.8) is 0 Å². The molecule has 2 fully saturated rings. The van der Waals surface area contributed by atoms with E-state index in [9.17, 15) is 18.8 Å². The fraction of sp³-hybridized carbons (Fsp3) is 0.500. The summed E-state index contributed by atoms with van der Waals surface area (Å²) in [6.07, 6.45) is 1.69. The van der Waals surface area contributed by atoms with Gasteiger partial charge >= 0.3 is 0 Å². The molecular formula is C18H22FN3O3. The van der Waals surface area contributed by atoms with Crippen LogP contribution in [0.2, 0.25) is 0 Å². The number of halogens is 1. The first-order valence-corrected chi connectivity index (χ1v) is 8.64. The topological polar surface area (TPSA) is 69.7 Å². The summed E-state index contributed by atoms with van der Waals surface area (Å²) >= 11 is 0. The zero-order chi connectivity index (χ0) is 18.0. The average molecular weight is 347 g/mol. The van der Waals surface area contributed by atoms with Crippen LogP contribution in [0.1, 0.15) is 36.5 Å². The summed E-state index contributed by atoms with van der Waals surface area (Å²) in [4.78, 5) is 39.7. The number of imide groups is 1. The van der Waals surface area contributed by atoms with E-state index in [2.05, 4.69) is 5.32 Å². The van der Waals surface area contributed by atoms with Gasteiger partial charge in [0.1, 0.15) is 5.82 Å². The third-order valence-electron chi connectivity index (χ3n) is 4.95. The first-order valence-electron chi connectivity index (χ1n) is 8.64. The number of piperidine rings is 1. The molecule has 1 atom stereocenters. The molecule has 134 valence electrons. The largest absolute Gasteiger partial charge is 0.349 e. The lowest BCUT2D eigenvalue weighted by Crippen LogP contribution is -2.50. The highest BCUT2D eigenvalue weighted by atomic mass is 19.1. The predicted octanol–water partition coefficient (Wildman–Crippen LogP) is 1.17. The quantitative estimate of drug-likeness (QED) is 0.830. The van der Waals surface area contributed by atoms with Crippen LogP contribution in [0.15, 0.2) is 24.3 Å². The number of likely N-dealkylation sites (tertiary alicyclic amines) is 2. The monoisotopic (exact) mass is 347 g/mol. The maximum absolute atomic E-state index is 12.9. The van der Waals surface area contributed by atoms with E-state index in [0.29, 0.717) is 25.2 Å². The SMILES string of the molecule is CCN1C(=O)CC(N2CCC(NC(=O)c3ccc(F)cc3)CC2)C1=O. The van der Waals surface area contributed by atoms with Crippen LogP contribution >= 0.6 is 0 Å². The highest BCUT2D eigenvalue weighted by Gasteiger charge is 2.41. The molecule has 2 heterocycles. The van der Waals surface area contributed by atoms with E-state index in [1.165, 1.54) is 29.2 Å². The molecule has 2 aliphatic rings. The Morgan fingerprint density at radius 1 is 1.20 bits per heavy atom. The molecule has 2 aliphatic heterocycles. The summed E-state index contributed by atoms with van der Waals surface area (Å²) in [7, 11) is 0. The molecular weight excluding hydrogens is 325 g/mol. The van der Waals surface area contributed by atoms with E-state index in [0.717, 1.165) is 12.8 Å². The minimum Gasteiger partial charge on any atom is -0.349 e. The van der Waals surface area contributed by atoms with Crippen molar-refractivity contribution in [3.05, 3.63) is 35.6 Å². The molecule has 2 saturated heterocycles. The molecule has 0 aromatic heterocycles. The van der Waals surface area contributed by atoms with Crippen LogP contribution in [-0.4, -0.2) is 59.2 Å². The van der Waals surface area contributed by atoms with Gasteiger partial charge in [-0.1, -0.05) is 0 Å². The number of nitrogens with one attached hydrogen (secondary N) is 1. The van der Waals surface area contributed by atoms with E-state index < -0.39 is 0 Å². The van der Waals surface area contributed by atoms with Crippen molar-refractivity contribution in [1.29, 1.82) is 0 Å². The van der Waals surface area contributed by atoms with E-state index in [1.54, 1.807) is 6.92 Å². The molecule has 1 aromatic carbocycles. The van der Waals surface area contributed by atoms with Crippen molar-refractivity contribution >= 4 is 17.7 Å². The number of rotatable bonds is 4. The molecule has 1 unspecified atom stereocenters. The Labute approximate surface area is 146 Å². The summed E-state index contributed by atoms with van der Waals surface area (Å²) in [5.41, 5.74) is 0.430. The Morgan fingerprint density at radius 2 is 1.84 bits per heavy atom. The Balaban J connectivity index is 1.52. The van der Waals surface area contributed by atoms with E-state index in [4.69, 9.17) is 0 Å². The van der Waals surface area contributed by atoms with Gasteiger partial charge in [0.05, 0.1) is 12.5 Å². The number of hydrogen-bond donors (Lipinski definition) is 1. The first kappa shape index (κ1) is 17.5. The normalized spacial score (nSPS) is 22.5. The average Bonchev–Trinajstić information content (AvgIpc) is 2.90. The molecule has 3 amide bonds. The number of benzene rings is 1. The van der Waals surface area contributed by atoms with Crippen molar-refractivity contribution in [2.75, 3.05) is 19.6 Å². The Morgan fingerprint density at radius 3 is 2.40 bits per heavy atom. The molecule has 25 heavy (non-hydrogen) atoms. The van der Waals surface area contributed by atoms with Crippen molar-refractivity contribution in [2.45, 2.75) is 38.3 Å². The summed E-state index contributed by atoms with van der Waals surface area (Å²) in [6.45, 7) is 3.54. The van der Waals surface area contributed by atoms with Crippen molar-refractivity contribution in [3.8, 4) is 0 Å². The maximum atomic E-state index is 12.9. The van der Waals surface area contributed by atoms with Gasteiger partial charge in [-0.3, -0.25) is 24.2 Å². The summed E-state index contributed by atoms with van der Waals surface area (Å²) < 4.78 is 12.9. The van der Waals surface area contributed by atoms with Gasteiger partial charge in [-0.25, -0.2) is 4.39 Å². The molecule has 0 radical (unpaired) electrons. The standard InChI is InChI=1S/C18H22FN3O3/c1-2-22-16(23)11-15(18(22)25)21-9-7-14(8-10-21)20-17(24)12-3-5-13(19)6-4-12/h3-6,14-15H,2,7-11H2,1H3,(H,20,24). The number of carbonyl (C=O) groups is 3. The van der Waals surface area contributed by atoms with Gasteiger partial charge in [0, 0.05) is 31.2 Å². The minimum absolute atomic E-state index is 0.0169. The smallest absolute Gasteiger partial charge is 0.251 e. The fourth-order valence-electron chi connectivity index (χ4n) is 3.51. The molecule has 3 rings (SSSR count). The molecule has 1 aromatic rings. The molecule has 0 spiro atoms. The number of hydrogen-bond acceptors (Lipinski definition) is 4. The van der Waals surface area contributed by atoms with Crippen LogP contribution in [-0.2, 0) is 9.59 Å². The van der Waals surface area contributed by atoms with Crippen molar-refractivity contribution < 1.29 is 18.8 Å². The highest BCUT2D eigenvalue weighted by Crippen LogP contribution is 2.22. The summed E-state index contributed by atoms with van der Waals surface area (Å²) in [5.74, 6) is -0.810. The number of nitrogens with zero attached hydrogens (tertiary/aromatic N) is 2. The van der Waals surface area contributed by atoms with Crippen LogP contribution < -0.4 is 5.32 Å². The number of carbonyl (C=O) groups excluding carboxylic acids is 3. The zero-order valence-electron chi connectivity index (χ0n) is 14.2. The van der Waals surface area contributed by atoms with Crippen LogP contribution in [0.25, 0.3) is 0 Å². The van der Waals surface area contributed by atoms with Gasteiger partial charge in [0.15, 0.2) is 0 Å². The molecule has 1 N–H and O–H groups in total. The molecule has 0 bridgehead atoms. The molecule has 0 saturated carbocycles. The van der Waals surface area contributed by atoms with Crippen LogP contribution in [0.3, 0.4) is 0 Å². The zero-order valence-corrected chi connectivity index (χ0v) is 14.2. The van der Waals surface area contributed by atoms with Crippen LogP contribution in [0.5, 0.6) is 0 Å². The van der Waals surface area contributed by atoms with Crippen LogP contribution in [0.4, 0.5) is 4.39 Å². The summed E-state index contributed by atoms with van der Waals surface area (Å²) in [6, 6.07) is 5.10. The van der Waals surface area contributed by atoms with Gasteiger partial charge in [-0.2, -0.15) is 0 Å². The molecule has 6 nitrogen and oxygen atoms in total. The Hall–Kier alpha value is -2.28. The second kappa shape index (κ2) is 7.31. The third kappa shape index (κ3) is 3.71. The van der Waals surface area contributed by atoms with E-state index in [1.807, 2.05) is 4.90 Å². The number of likely N-dealkylation sites (N-methyl/N-ethyl adjacent to an activating group) is 1. The first-order chi connectivity index (χ1) is 12.0. The van der Waals surface area contributed by atoms with Gasteiger partial charge in [0.2, 0.25) is 11.8 Å². The fourth-order valence-corrected chi connectivity index (χ4v) is 3.51. The van der Waals surface area contributed by atoms with E-state index in [-0.39, 0.29) is 42.0 Å².